The van der Waals surface area contributed by atoms with Crippen LogP contribution in [0.15, 0.2) is 10.7 Å². The highest BCUT2D eigenvalue weighted by Gasteiger charge is 2.06. The van der Waals surface area contributed by atoms with Crippen LogP contribution in [0.2, 0.25) is 5.15 Å². The molecule has 0 aliphatic heterocycles. The molecule has 0 unspecified atom stereocenters. The van der Waals surface area contributed by atoms with E-state index in [0.29, 0.717) is 27.8 Å². The third-order valence-corrected chi connectivity index (χ3v) is 2.13. The summed E-state index contributed by atoms with van der Waals surface area (Å²) < 4.78 is 5.72. The van der Waals surface area contributed by atoms with E-state index >= 15 is 0 Å². The molecule has 0 saturated heterocycles. The van der Waals surface area contributed by atoms with Crippen LogP contribution < -0.4 is 10.5 Å². The van der Waals surface area contributed by atoms with Gasteiger partial charge in [0.15, 0.2) is 10.9 Å². The van der Waals surface area contributed by atoms with Crippen molar-refractivity contribution in [2.24, 2.45) is 0 Å². The molecular formula is C7H8BrClN2O. The van der Waals surface area contributed by atoms with Gasteiger partial charge in [0.25, 0.3) is 0 Å². The molecule has 0 radical (unpaired) electrons. The summed E-state index contributed by atoms with van der Waals surface area (Å²) in [6.07, 6.45) is 0. The van der Waals surface area contributed by atoms with Crippen LogP contribution in [-0.4, -0.2) is 11.6 Å². The molecule has 0 aliphatic rings. The Kier molecular flexibility index (Phi) is 3.17. The van der Waals surface area contributed by atoms with Gasteiger partial charge in [0.1, 0.15) is 4.60 Å². The maximum absolute atomic E-state index is 5.76. The van der Waals surface area contributed by atoms with Crippen LogP contribution in [0.3, 0.4) is 0 Å². The molecule has 66 valence electrons. The van der Waals surface area contributed by atoms with E-state index in [4.69, 9.17) is 22.1 Å². The Hall–Kier alpha value is -0.480. The van der Waals surface area contributed by atoms with Gasteiger partial charge >= 0.3 is 0 Å². The van der Waals surface area contributed by atoms with Crippen LogP contribution in [0.25, 0.3) is 0 Å². The maximum Gasteiger partial charge on any atom is 0.172 e. The lowest BCUT2D eigenvalue weighted by molar-refractivity contribution is 0.339. The van der Waals surface area contributed by atoms with Gasteiger partial charge in [-0.1, -0.05) is 11.6 Å². The number of pyridine rings is 1. The highest BCUT2D eigenvalue weighted by molar-refractivity contribution is 9.10. The van der Waals surface area contributed by atoms with Gasteiger partial charge < -0.3 is 10.5 Å². The number of hydrogen-bond donors (Lipinski definition) is 1. The number of halogens is 2. The number of aromatic nitrogens is 1. The van der Waals surface area contributed by atoms with Crippen molar-refractivity contribution >= 4 is 33.2 Å². The summed E-state index contributed by atoms with van der Waals surface area (Å²) in [4.78, 5) is 3.92. The zero-order valence-corrected chi connectivity index (χ0v) is 8.82. The molecule has 0 fully saturated rings. The first-order valence-corrected chi connectivity index (χ1v) is 4.56. The Morgan fingerprint density at radius 1 is 1.75 bits per heavy atom. The molecule has 0 amide bonds. The maximum atomic E-state index is 5.76. The van der Waals surface area contributed by atoms with Gasteiger partial charge in [-0.25, -0.2) is 4.98 Å². The van der Waals surface area contributed by atoms with Crippen molar-refractivity contribution in [3.8, 4) is 5.75 Å². The highest BCUT2D eigenvalue weighted by Crippen LogP contribution is 2.29. The lowest BCUT2D eigenvalue weighted by Gasteiger charge is -2.06. The average molecular weight is 252 g/mol. The number of nitrogen functional groups attached to an aromatic ring is 1. The summed E-state index contributed by atoms with van der Waals surface area (Å²) in [5, 5.41) is 0.318. The lowest BCUT2D eigenvalue weighted by Crippen LogP contribution is -1.97. The summed E-state index contributed by atoms with van der Waals surface area (Å²) in [6.45, 7) is 2.41. The second kappa shape index (κ2) is 3.96. The fourth-order valence-corrected chi connectivity index (χ4v) is 1.31. The van der Waals surface area contributed by atoms with Crippen LogP contribution in [0, 0.1) is 0 Å². The van der Waals surface area contributed by atoms with Crippen LogP contribution in [0.5, 0.6) is 5.75 Å². The normalized spacial score (nSPS) is 9.92. The molecule has 0 saturated carbocycles. The SMILES string of the molecule is CCOc1cc(N)c(Br)nc1Cl. The molecule has 1 aromatic rings. The monoisotopic (exact) mass is 250 g/mol. The Labute approximate surface area is 84.0 Å². The van der Waals surface area contributed by atoms with Gasteiger partial charge in [0.05, 0.1) is 12.3 Å². The first kappa shape index (κ1) is 9.61. The molecule has 1 aromatic heterocycles. The number of rotatable bonds is 2. The fourth-order valence-electron chi connectivity index (χ4n) is 0.723. The zero-order chi connectivity index (χ0) is 9.14. The summed E-state index contributed by atoms with van der Waals surface area (Å²) in [7, 11) is 0. The molecule has 1 heterocycles. The Balaban J connectivity index is 3.05. The molecular weight excluding hydrogens is 243 g/mol. The van der Waals surface area contributed by atoms with Crippen LogP contribution >= 0.6 is 27.5 Å². The first-order chi connectivity index (χ1) is 5.65. The standard InChI is InChI=1S/C7H8BrClN2O/c1-2-12-5-3-4(10)6(8)11-7(5)9/h3H,2,10H2,1H3. The minimum absolute atomic E-state index is 0.318. The van der Waals surface area contributed by atoms with Crippen molar-refractivity contribution in [1.82, 2.24) is 4.98 Å². The Bertz CT molecular complexity index is 293. The molecule has 0 spiro atoms. The highest BCUT2D eigenvalue weighted by atomic mass is 79.9. The minimum atomic E-state index is 0.318. The van der Waals surface area contributed by atoms with Crippen molar-refractivity contribution in [2.75, 3.05) is 12.3 Å². The zero-order valence-electron chi connectivity index (χ0n) is 6.47. The van der Waals surface area contributed by atoms with Crippen molar-refractivity contribution in [3.05, 3.63) is 15.8 Å². The number of nitrogens with zero attached hydrogens (tertiary/aromatic N) is 1. The number of ether oxygens (including phenoxy) is 1. The predicted octanol–water partition coefficient (Wildman–Crippen LogP) is 2.48. The second-order valence-corrected chi connectivity index (χ2v) is 3.20. The van der Waals surface area contributed by atoms with Gasteiger partial charge in [-0.05, 0) is 22.9 Å². The molecule has 0 atom stereocenters. The van der Waals surface area contributed by atoms with Gasteiger partial charge in [-0.15, -0.1) is 0 Å². The van der Waals surface area contributed by atoms with Gasteiger partial charge in [0.2, 0.25) is 0 Å². The summed E-state index contributed by atoms with van der Waals surface area (Å²) >= 11 is 8.91. The van der Waals surface area contributed by atoms with E-state index in [0.717, 1.165) is 0 Å². The van der Waals surface area contributed by atoms with Crippen LogP contribution in [0.1, 0.15) is 6.92 Å². The summed E-state index contributed by atoms with van der Waals surface area (Å²) in [6, 6.07) is 1.64. The number of anilines is 1. The van der Waals surface area contributed by atoms with Crippen LogP contribution in [-0.2, 0) is 0 Å². The van der Waals surface area contributed by atoms with E-state index < -0.39 is 0 Å². The molecule has 1 rings (SSSR count). The van der Waals surface area contributed by atoms with Gasteiger partial charge in [0, 0.05) is 6.07 Å². The van der Waals surface area contributed by atoms with Crippen molar-refractivity contribution in [3.63, 3.8) is 0 Å². The molecule has 3 nitrogen and oxygen atoms in total. The Morgan fingerprint density at radius 3 is 3.00 bits per heavy atom. The minimum Gasteiger partial charge on any atom is -0.491 e. The van der Waals surface area contributed by atoms with Crippen molar-refractivity contribution in [2.45, 2.75) is 6.92 Å². The predicted molar refractivity (Wildman–Crippen MR) is 52.5 cm³/mol. The molecule has 5 heteroatoms. The van der Waals surface area contributed by atoms with Gasteiger partial charge in [-0.2, -0.15) is 0 Å². The quantitative estimate of drug-likeness (QED) is 0.822. The first-order valence-electron chi connectivity index (χ1n) is 3.39. The number of nitrogens with two attached hydrogens (primary N) is 1. The molecule has 12 heavy (non-hydrogen) atoms. The van der Waals surface area contributed by atoms with E-state index in [1.807, 2.05) is 6.92 Å². The molecule has 2 N–H and O–H groups in total. The average Bonchev–Trinajstić information content (AvgIpc) is 2.01. The molecule has 0 aliphatic carbocycles. The van der Waals surface area contributed by atoms with E-state index in [1.54, 1.807) is 6.07 Å². The topological polar surface area (TPSA) is 48.1 Å². The fraction of sp³-hybridized carbons (Fsp3) is 0.286. The summed E-state index contributed by atoms with van der Waals surface area (Å²) in [5.41, 5.74) is 6.09. The molecule has 0 aromatic carbocycles. The largest absolute Gasteiger partial charge is 0.491 e. The van der Waals surface area contributed by atoms with Crippen LogP contribution in [0.4, 0.5) is 5.69 Å². The lowest BCUT2D eigenvalue weighted by atomic mass is 10.4. The van der Waals surface area contributed by atoms with E-state index in [2.05, 4.69) is 20.9 Å². The van der Waals surface area contributed by atoms with Crippen molar-refractivity contribution < 1.29 is 4.74 Å². The second-order valence-electron chi connectivity index (χ2n) is 2.09. The smallest absolute Gasteiger partial charge is 0.172 e. The van der Waals surface area contributed by atoms with E-state index in [9.17, 15) is 0 Å². The van der Waals surface area contributed by atoms with E-state index in [-0.39, 0.29) is 0 Å². The Morgan fingerprint density at radius 2 is 2.42 bits per heavy atom. The van der Waals surface area contributed by atoms with E-state index in [1.165, 1.54) is 0 Å². The van der Waals surface area contributed by atoms with Gasteiger partial charge in [-0.3, -0.25) is 0 Å². The third kappa shape index (κ3) is 2.01. The molecule has 0 bridgehead atoms. The third-order valence-electron chi connectivity index (χ3n) is 1.22. The summed E-state index contributed by atoms with van der Waals surface area (Å²) in [5.74, 6) is 0.514. The van der Waals surface area contributed by atoms with Crippen molar-refractivity contribution in [1.29, 1.82) is 0 Å². The number of hydrogen-bond acceptors (Lipinski definition) is 3.